The van der Waals surface area contributed by atoms with Gasteiger partial charge in [0.1, 0.15) is 17.3 Å². The maximum atomic E-state index is 9.85. The third-order valence-corrected chi connectivity index (χ3v) is 5.07. The van der Waals surface area contributed by atoms with Crippen LogP contribution in [-0.4, -0.2) is 60.3 Å². The van der Waals surface area contributed by atoms with E-state index < -0.39 is 0 Å². The maximum absolute atomic E-state index is 9.85. The van der Waals surface area contributed by atoms with Crippen LogP contribution in [0, 0.1) is 6.92 Å². The third kappa shape index (κ3) is 2.97. The summed E-state index contributed by atoms with van der Waals surface area (Å²) in [7, 11) is 3.78. The molecule has 0 spiro atoms. The van der Waals surface area contributed by atoms with Gasteiger partial charge in [-0.3, -0.25) is 0 Å². The molecule has 1 saturated heterocycles. The Kier molecular flexibility index (Phi) is 4.20. The number of H-pyrrole nitrogens is 1. The predicted molar refractivity (Wildman–Crippen MR) is 104 cm³/mol. The Morgan fingerprint density at radius 2 is 1.88 bits per heavy atom. The van der Waals surface area contributed by atoms with Crippen molar-refractivity contribution in [3.8, 4) is 22.9 Å². The van der Waals surface area contributed by atoms with E-state index in [1.807, 2.05) is 0 Å². The number of aryl methyl sites for hydroxylation is 1. The summed E-state index contributed by atoms with van der Waals surface area (Å²) in [5.74, 6) is 1.57. The second-order valence-electron chi connectivity index (χ2n) is 6.92. The molecule has 6 heteroatoms. The highest BCUT2D eigenvalue weighted by molar-refractivity contribution is 5.86. The van der Waals surface area contributed by atoms with Gasteiger partial charge in [-0.25, -0.2) is 4.98 Å². The highest BCUT2D eigenvalue weighted by Gasteiger charge is 2.18. The van der Waals surface area contributed by atoms with E-state index in [4.69, 9.17) is 9.72 Å². The van der Waals surface area contributed by atoms with Gasteiger partial charge in [-0.15, -0.1) is 0 Å². The van der Waals surface area contributed by atoms with E-state index in [2.05, 4.69) is 40.9 Å². The molecule has 0 unspecified atom stereocenters. The van der Waals surface area contributed by atoms with Crippen LogP contribution >= 0.6 is 0 Å². The number of imidazole rings is 1. The number of aromatic amines is 1. The first-order valence-electron chi connectivity index (χ1n) is 8.86. The van der Waals surface area contributed by atoms with E-state index >= 15 is 0 Å². The number of aromatic hydroxyl groups is 1. The number of hydrogen-bond acceptors (Lipinski definition) is 5. The average Bonchev–Trinajstić information content (AvgIpc) is 3.07. The highest BCUT2D eigenvalue weighted by Crippen LogP contribution is 2.34. The first-order valence-corrected chi connectivity index (χ1v) is 8.86. The van der Waals surface area contributed by atoms with Gasteiger partial charge in [0.05, 0.1) is 23.7 Å². The fourth-order valence-electron chi connectivity index (χ4n) is 3.53. The molecule has 136 valence electrons. The fraction of sp³-hybridized carbons (Fsp3) is 0.350. The van der Waals surface area contributed by atoms with Gasteiger partial charge in [-0.2, -0.15) is 0 Å². The molecule has 3 aromatic rings. The number of rotatable bonds is 3. The van der Waals surface area contributed by atoms with Gasteiger partial charge in [0.25, 0.3) is 0 Å². The van der Waals surface area contributed by atoms with Crippen LogP contribution in [0.3, 0.4) is 0 Å². The molecule has 0 atom stereocenters. The van der Waals surface area contributed by atoms with Crippen molar-refractivity contribution in [3.63, 3.8) is 0 Å². The highest BCUT2D eigenvalue weighted by atomic mass is 16.5. The second kappa shape index (κ2) is 6.53. The van der Waals surface area contributed by atoms with Crippen molar-refractivity contribution < 1.29 is 9.84 Å². The molecule has 1 aromatic heterocycles. The number of fused-ring (bicyclic) bond motifs is 1. The number of phenolic OH excluding ortho intramolecular Hbond substituents is 1. The fourth-order valence-corrected chi connectivity index (χ4v) is 3.53. The van der Waals surface area contributed by atoms with E-state index in [9.17, 15) is 5.11 Å². The Morgan fingerprint density at radius 1 is 1.12 bits per heavy atom. The summed E-state index contributed by atoms with van der Waals surface area (Å²) in [6.45, 7) is 6.30. The van der Waals surface area contributed by atoms with Crippen molar-refractivity contribution in [2.75, 3.05) is 45.2 Å². The second-order valence-corrected chi connectivity index (χ2v) is 6.92. The molecular formula is C20H24N4O2. The lowest BCUT2D eigenvalue weighted by atomic mass is 10.1. The third-order valence-electron chi connectivity index (χ3n) is 5.07. The molecule has 1 fully saturated rings. The Balaban J connectivity index is 1.76. The summed E-state index contributed by atoms with van der Waals surface area (Å²) >= 11 is 0. The van der Waals surface area contributed by atoms with Gasteiger partial charge < -0.3 is 24.6 Å². The molecule has 26 heavy (non-hydrogen) atoms. The van der Waals surface area contributed by atoms with E-state index in [0.717, 1.165) is 48.3 Å². The normalized spacial score (nSPS) is 15.6. The molecule has 1 aliphatic heterocycles. The first-order chi connectivity index (χ1) is 12.5. The lowest BCUT2D eigenvalue weighted by Gasteiger charge is -2.34. The molecule has 2 N–H and O–H groups in total. The van der Waals surface area contributed by atoms with Crippen molar-refractivity contribution in [1.82, 2.24) is 14.9 Å². The number of hydrogen-bond donors (Lipinski definition) is 2. The zero-order valence-electron chi connectivity index (χ0n) is 15.4. The zero-order chi connectivity index (χ0) is 18.3. The van der Waals surface area contributed by atoms with Crippen molar-refractivity contribution in [3.05, 3.63) is 35.9 Å². The van der Waals surface area contributed by atoms with Gasteiger partial charge >= 0.3 is 0 Å². The number of methoxy groups -OCH3 is 1. The quantitative estimate of drug-likeness (QED) is 0.759. The summed E-state index contributed by atoms with van der Waals surface area (Å²) in [4.78, 5) is 12.9. The number of phenols is 1. The van der Waals surface area contributed by atoms with Gasteiger partial charge in [0.2, 0.25) is 0 Å². The van der Waals surface area contributed by atoms with Gasteiger partial charge in [0, 0.05) is 31.9 Å². The van der Waals surface area contributed by atoms with Crippen LogP contribution in [0.1, 0.15) is 5.56 Å². The number of ether oxygens (including phenoxy) is 1. The van der Waals surface area contributed by atoms with Crippen LogP contribution in [0.15, 0.2) is 30.3 Å². The van der Waals surface area contributed by atoms with Crippen molar-refractivity contribution in [2.24, 2.45) is 0 Å². The van der Waals surface area contributed by atoms with Crippen molar-refractivity contribution >= 4 is 16.7 Å². The molecule has 1 aliphatic rings. The molecule has 0 aliphatic carbocycles. The van der Waals surface area contributed by atoms with Gasteiger partial charge in [0.15, 0.2) is 0 Å². The van der Waals surface area contributed by atoms with Crippen molar-refractivity contribution in [2.45, 2.75) is 6.92 Å². The number of benzene rings is 2. The van der Waals surface area contributed by atoms with Crippen LogP contribution in [0.4, 0.5) is 5.69 Å². The molecule has 4 rings (SSSR count). The summed E-state index contributed by atoms with van der Waals surface area (Å²) in [6, 6.07) is 9.41. The topological polar surface area (TPSA) is 64.6 Å². The molecule has 6 nitrogen and oxygen atoms in total. The number of nitrogens with one attached hydrogen (secondary N) is 1. The predicted octanol–water partition coefficient (Wildman–Crippen LogP) is 3.00. The minimum atomic E-state index is 0.191. The summed E-state index contributed by atoms with van der Waals surface area (Å²) in [5, 5.41) is 9.85. The van der Waals surface area contributed by atoms with E-state index in [1.54, 1.807) is 25.3 Å². The summed E-state index contributed by atoms with van der Waals surface area (Å²) < 4.78 is 5.43. The molecule has 2 aromatic carbocycles. The number of likely N-dealkylation sites (N-methyl/N-ethyl adjacent to an activating group) is 1. The smallest absolute Gasteiger partial charge is 0.142 e. The van der Waals surface area contributed by atoms with Crippen LogP contribution < -0.4 is 9.64 Å². The molecule has 0 amide bonds. The largest absolute Gasteiger partial charge is 0.508 e. The Bertz CT molecular complexity index is 942. The number of aromatic nitrogens is 2. The number of nitrogens with zero attached hydrogens (tertiary/aromatic N) is 3. The molecular weight excluding hydrogens is 328 g/mol. The summed E-state index contributed by atoms with van der Waals surface area (Å²) in [6.07, 6.45) is 0. The SMILES string of the molecule is COc1ccc(O)cc1-c1nc2c(C)cc(N3CCN(C)CC3)cc2[nH]1. The lowest BCUT2D eigenvalue weighted by Crippen LogP contribution is -2.44. The van der Waals surface area contributed by atoms with Gasteiger partial charge in [-0.1, -0.05) is 0 Å². The molecule has 0 saturated carbocycles. The van der Waals surface area contributed by atoms with Crippen LogP contribution in [0.2, 0.25) is 0 Å². The monoisotopic (exact) mass is 352 g/mol. The lowest BCUT2D eigenvalue weighted by molar-refractivity contribution is 0.313. The van der Waals surface area contributed by atoms with E-state index in [-0.39, 0.29) is 5.75 Å². The number of anilines is 1. The minimum absolute atomic E-state index is 0.191. The Hall–Kier alpha value is -2.73. The van der Waals surface area contributed by atoms with Crippen LogP contribution in [-0.2, 0) is 0 Å². The average molecular weight is 352 g/mol. The molecule has 0 radical (unpaired) electrons. The summed E-state index contributed by atoms with van der Waals surface area (Å²) in [5.41, 5.74) is 5.06. The minimum Gasteiger partial charge on any atom is -0.508 e. The van der Waals surface area contributed by atoms with Crippen LogP contribution in [0.25, 0.3) is 22.4 Å². The maximum Gasteiger partial charge on any atom is 0.142 e. The zero-order valence-corrected chi connectivity index (χ0v) is 15.4. The van der Waals surface area contributed by atoms with Gasteiger partial charge in [-0.05, 0) is 49.9 Å². The number of piperazine rings is 1. The molecule has 2 heterocycles. The molecule has 0 bridgehead atoms. The standard InChI is InChI=1S/C20H24N4O2/c1-13-10-14(24-8-6-23(2)7-9-24)11-17-19(13)22-20(21-17)16-12-15(25)4-5-18(16)26-3/h4-5,10-12,25H,6-9H2,1-3H3,(H,21,22). The Morgan fingerprint density at radius 3 is 2.62 bits per heavy atom. The Labute approximate surface area is 153 Å². The van der Waals surface area contributed by atoms with Crippen LogP contribution in [0.5, 0.6) is 11.5 Å². The van der Waals surface area contributed by atoms with E-state index in [1.165, 1.54) is 5.69 Å². The first kappa shape index (κ1) is 16.7. The van der Waals surface area contributed by atoms with E-state index in [0.29, 0.717) is 11.6 Å². The van der Waals surface area contributed by atoms with Crippen molar-refractivity contribution in [1.29, 1.82) is 0 Å².